The number of aromatic hydroxyl groups is 1. The quantitative estimate of drug-likeness (QED) is 0.268. The third-order valence-corrected chi connectivity index (χ3v) is 5.76. The van der Waals surface area contributed by atoms with Crippen molar-refractivity contribution < 1.29 is 19.7 Å². The molecule has 6 nitrogen and oxygen atoms in total. The summed E-state index contributed by atoms with van der Waals surface area (Å²) in [7, 11) is 1.62. The van der Waals surface area contributed by atoms with Crippen molar-refractivity contribution in [2.45, 2.75) is 45.9 Å². The van der Waals surface area contributed by atoms with Gasteiger partial charge in [0.2, 0.25) is 6.41 Å². The van der Waals surface area contributed by atoms with Gasteiger partial charge in [-0.2, -0.15) is 12.6 Å². The van der Waals surface area contributed by atoms with Gasteiger partial charge in [0.25, 0.3) is 0 Å². The highest BCUT2D eigenvalue weighted by molar-refractivity contribution is 7.79. The molecule has 0 saturated carbocycles. The van der Waals surface area contributed by atoms with Crippen LogP contribution >= 0.6 is 12.6 Å². The summed E-state index contributed by atoms with van der Waals surface area (Å²) >= 11 is 3.53. The van der Waals surface area contributed by atoms with Crippen LogP contribution in [0.1, 0.15) is 44.9 Å². The molecular weight excluding hydrogens is 448 g/mol. The van der Waals surface area contributed by atoms with E-state index in [1.165, 1.54) is 0 Å². The lowest BCUT2D eigenvalue weighted by atomic mass is 9.94. The molecule has 188 valence electrons. The summed E-state index contributed by atoms with van der Waals surface area (Å²) < 4.78 is 5.59. The zero-order chi connectivity index (χ0) is 24.4. The third-order valence-electron chi connectivity index (χ3n) is 5.76. The molecule has 0 spiro atoms. The van der Waals surface area contributed by atoms with Crippen LogP contribution in [0.15, 0.2) is 60.2 Å². The van der Waals surface area contributed by atoms with Gasteiger partial charge in [0.1, 0.15) is 11.9 Å². The van der Waals surface area contributed by atoms with Gasteiger partial charge in [-0.3, -0.25) is 9.69 Å². The van der Waals surface area contributed by atoms with Crippen LogP contribution in [0.5, 0.6) is 5.75 Å². The number of thiol groups is 1. The Kier molecular flexibility index (Phi) is 12.4. The maximum Gasteiger partial charge on any atom is 0.214 e. The summed E-state index contributed by atoms with van der Waals surface area (Å²) in [6.45, 7) is 6.04. The Hall–Kier alpha value is -2.32. The number of phenolic OH excluding ortho intramolecular Hbond substituents is 1. The first-order valence-corrected chi connectivity index (χ1v) is 11.9. The number of phenols is 1. The molecule has 2 aromatic carbocycles. The van der Waals surface area contributed by atoms with Crippen LogP contribution in [0.4, 0.5) is 5.69 Å². The number of hydrogen-bond acceptors (Lipinski definition) is 6. The van der Waals surface area contributed by atoms with E-state index in [-0.39, 0.29) is 19.3 Å². The Labute approximate surface area is 210 Å². The number of carbonyl (C=O) groups is 1. The Morgan fingerprint density at radius 3 is 2.44 bits per heavy atom. The molecule has 1 aliphatic heterocycles. The zero-order valence-corrected chi connectivity index (χ0v) is 20.8. The monoisotopic (exact) mass is 488 g/mol. The van der Waals surface area contributed by atoms with Crippen molar-refractivity contribution in [1.82, 2.24) is 4.90 Å². The summed E-state index contributed by atoms with van der Waals surface area (Å²) in [6.07, 6.45) is 5.15. The van der Waals surface area contributed by atoms with Crippen LogP contribution < -0.4 is 4.90 Å². The molecule has 0 fully saturated rings. The van der Waals surface area contributed by atoms with E-state index in [1.807, 2.05) is 42.5 Å². The van der Waals surface area contributed by atoms with E-state index >= 15 is 0 Å². The molecule has 0 aromatic heterocycles. The number of ether oxygens (including phenoxy) is 1. The van der Waals surface area contributed by atoms with Crippen molar-refractivity contribution in [2.24, 2.45) is 0 Å². The molecule has 34 heavy (non-hydrogen) atoms. The zero-order valence-electron chi connectivity index (χ0n) is 19.9. The van der Waals surface area contributed by atoms with Gasteiger partial charge in [0, 0.05) is 44.1 Å². The van der Waals surface area contributed by atoms with Crippen molar-refractivity contribution in [1.29, 1.82) is 0 Å². The maximum absolute atomic E-state index is 11.8. The number of nitrogens with zero attached hydrogens (tertiary/aromatic N) is 2. The fraction of sp³-hybridized carbons (Fsp3) is 0.444. The fourth-order valence-corrected chi connectivity index (χ4v) is 3.86. The number of carbonyl (C=O) groups excluding carboxylic acids is 1. The Balaban J connectivity index is 0.00000188. The van der Waals surface area contributed by atoms with Crippen LogP contribution in [0.25, 0.3) is 0 Å². The van der Waals surface area contributed by atoms with Crippen molar-refractivity contribution in [3.05, 3.63) is 71.3 Å². The SMILES string of the molecule is C.COC(CN(C=O)c1ccc(CN2CCC=C(C(C)(C)O)C2)c(O)c1)c1ccccc1.CS. The molecule has 2 aromatic rings. The molecule has 0 radical (unpaired) electrons. The molecule has 7 heteroatoms. The van der Waals surface area contributed by atoms with Crippen molar-refractivity contribution in [2.75, 3.05) is 37.9 Å². The second kappa shape index (κ2) is 14.2. The summed E-state index contributed by atoms with van der Waals surface area (Å²) in [5.74, 6) is 0.150. The van der Waals surface area contributed by atoms with E-state index < -0.39 is 5.60 Å². The molecule has 2 N–H and O–H groups in total. The Morgan fingerprint density at radius 1 is 1.21 bits per heavy atom. The highest BCUT2D eigenvalue weighted by Crippen LogP contribution is 2.29. The van der Waals surface area contributed by atoms with Crippen LogP contribution in [0.2, 0.25) is 0 Å². The van der Waals surface area contributed by atoms with Crippen LogP contribution in [0, 0.1) is 0 Å². The first-order chi connectivity index (χ1) is 15.8. The van der Waals surface area contributed by atoms with Gasteiger partial charge >= 0.3 is 0 Å². The first kappa shape index (κ1) is 29.7. The van der Waals surface area contributed by atoms with E-state index in [0.717, 1.165) is 36.1 Å². The van der Waals surface area contributed by atoms with Crippen LogP contribution in [0.3, 0.4) is 0 Å². The van der Waals surface area contributed by atoms with E-state index in [1.54, 1.807) is 38.2 Å². The lowest BCUT2D eigenvalue weighted by Gasteiger charge is -2.33. The molecule has 3 rings (SSSR count). The van der Waals surface area contributed by atoms with Gasteiger partial charge in [-0.1, -0.05) is 49.9 Å². The predicted octanol–water partition coefficient (Wildman–Crippen LogP) is 4.83. The van der Waals surface area contributed by atoms with Gasteiger partial charge in [-0.15, -0.1) is 0 Å². The highest BCUT2D eigenvalue weighted by atomic mass is 32.1. The summed E-state index contributed by atoms with van der Waals surface area (Å²) in [6, 6.07) is 15.1. The van der Waals surface area contributed by atoms with Gasteiger partial charge in [0.15, 0.2) is 0 Å². The normalized spacial score (nSPS) is 14.7. The molecule has 1 aliphatic rings. The van der Waals surface area contributed by atoms with E-state index in [9.17, 15) is 15.0 Å². The average Bonchev–Trinajstić information content (AvgIpc) is 2.83. The summed E-state index contributed by atoms with van der Waals surface area (Å²) in [5.41, 5.74) is 2.54. The van der Waals surface area contributed by atoms with Gasteiger partial charge in [0.05, 0.1) is 12.1 Å². The van der Waals surface area contributed by atoms with Crippen molar-refractivity contribution in [3.8, 4) is 5.75 Å². The van der Waals surface area contributed by atoms with Crippen molar-refractivity contribution in [3.63, 3.8) is 0 Å². The number of hydrogen-bond donors (Lipinski definition) is 3. The molecule has 1 heterocycles. The minimum Gasteiger partial charge on any atom is -0.508 e. The van der Waals surface area contributed by atoms with E-state index in [4.69, 9.17) is 4.74 Å². The lowest BCUT2D eigenvalue weighted by molar-refractivity contribution is -0.107. The second-order valence-corrected chi connectivity index (χ2v) is 8.49. The molecule has 1 amide bonds. The molecule has 0 bridgehead atoms. The van der Waals surface area contributed by atoms with Crippen LogP contribution in [-0.2, 0) is 16.1 Å². The van der Waals surface area contributed by atoms with Crippen LogP contribution in [-0.4, -0.2) is 60.1 Å². The number of methoxy groups -OCH3 is 1. The second-order valence-electron chi connectivity index (χ2n) is 8.49. The molecule has 0 aliphatic carbocycles. The summed E-state index contributed by atoms with van der Waals surface area (Å²) in [4.78, 5) is 15.5. The minimum absolute atomic E-state index is 0. The standard InChI is InChI=1S/C25H32N2O4.CH4S.CH4/c1-25(2,30)21-10-7-13-26(16-21)15-20-11-12-22(14-23(20)29)27(18-28)17-24(31-3)19-8-5-4-6-9-19;1-2;/h4-6,8-12,14,18,24,29-30H,7,13,15-17H2,1-3H3;2H,1H3;1H4. The number of amides is 1. The predicted molar refractivity (Wildman–Crippen MR) is 144 cm³/mol. The number of anilines is 1. The Morgan fingerprint density at radius 2 is 1.88 bits per heavy atom. The van der Waals surface area contributed by atoms with Gasteiger partial charge in [-0.05, 0) is 43.7 Å². The highest BCUT2D eigenvalue weighted by Gasteiger charge is 2.25. The summed E-state index contributed by atoms with van der Waals surface area (Å²) in [5, 5.41) is 20.9. The Bertz CT molecular complexity index is 913. The van der Waals surface area contributed by atoms with E-state index in [2.05, 4.69) is 23.6 Å². The lowest BCUT2D eigenvalue weighted by Crippen LogP contribution is -2.36. The molecule has 1 atom stereocenters. The molecule has 0 saturated heterocycles. The topological polar surface area (TPSA) is 73.2 Å². The molecule has 1 unspecified atom stereocenters. The fourth-order valence-electron chi connectivity index (χ4n) is 3.86. The number of aliphatic hydroxyl groups is 1. The van der Waals surface area contributed by atoms with Gasteiger partial charge in [-0.25, -0.2) is 0 Å². The minimum atomic E-state index is -0.842. The first-order valence-electron chi connectivity index (χ1n) is 11.0. The number of rotatable bonds is 9. The van der Waals surface area contributed by atoms with Gasteiger partial charge < -0.3 is 19.8 Å². The van der Waals surface area contributed by atoms with E-state index in [0.29, 0.717) is 25.3 Å². The molecular formula is C27H40N2O4S. The number of benzene rings is 2. The smallest absolute Gasteiger partial charge is 0.214 e. The van der Waals surface area contributed by atoms with Crippen molar-refractivity contribution >= 4 is 24.7 Å². The maximum atomic E-state index is 11.8. The third kappa shape index (κ3) is 8.17. The average molecular weight is 489 g/mol. The largest absolute Gasteiger partial charge is 0.508 e.